The standard InChI is InChI=1S/C19H20N4O3/c1-14(22-19(25)17-7-10-26-13-17)18(24)20-11-15-5-2-3-6-16(15)12-23-9-4-8-21-23/h2-10,13-14H,11-12H2,1H3,(H,20,24)(H,22,25)/t14-/m1/s1. The number of aromatic nitrogens is 2. The molecule has 3 aromatic rings. The molecule has 1 aromatic carbocycles. The Morgan fingerprint density at radius 2 is 2.00 bits per heavy atom. The first kappa shape index (κ1) is 17.5. The van der Waals surface area contributed by atoms with Crippen LogP contribution in [0.25, 0.3) is 0 Å². The molecule has 1 atom stereocenters. The van der Waals surface area contributed by atoms with Gasteiger partial charge in [0.2, 0.25) is 5.91 Å². The molecular weight excluding hydrogens is 332 g/mol. The quantitative estimate of drug-likeness (QED) is 0.680. The normalized spacial score (nSPS) is 11.7. The fourth-order valence-electron chi connectivity index (χ4n) is 2.53. The number of nitrogens with one attached hydrogen (secondary N) is 2. The van der Waals surface area contributed by atoms with Crippen molar-refractivity contribution in [1.82, 2.24) is 20.4 Å². The lowest BCUT2D eigenvalue weighted by Crippen LogP contribution is -2.44. The smallest absolute Gasteiger partial charge is 0.255 e. The van der Waals surface area contributed by atoms with Crippen LogP contribution in [0.3, 0.4) is 0 Å². The molecule has 0 fully saturated rings. The van der Waals surface area contributed by atoms with Gasteiger partial charge >= 0.3 is 0 Å². The van der Waals surface area contributed by atoms with Crippen molar-refractivity contribution in [2.75, 3.05) is 0 Å². The van der Waals surface area contributed by atoms with Crippen LogP contribution in [0, 0.1) is 0 Å². The molecule has 7 heteroatoms. The fraction of sp³-hybridized carbons (Fsp3) is 0.211. The van der Waals surface area contributed by atoms with Crippen LogP contribution >= 0.6 is 0 Å². The molecule has 0 bridgehead atoms. The second kappa shape index (κ2) is 8.15. The Kier molecular flexibility index (Phi) is 5.48. The van der Waals surface area contributed by atoms with E-state index in [-0.39, 0.29) is 11.8 Å². The molecule has 134 valence electrons. The van der Waals surface area contributed by atoms with E-state index in [1.807, 2.05) is 41.2 Å². The Balaban J connectivity index is 1.56. The second-order valence-electron chi connectivity index (χ2n) is 5.90. The number of hydrogen-bond acceptors (Lipinski definition) is 4. The molecule has 0 spiro atoms. The van der Waals surface area contributed by atoms with Crippen molar-refractivity contribution in [2.45, 2.75) is 26.1 Å². The van der Waals surface area contributed by atoms with E-state index in [2.05, 4.69) is 15.7 Å². The lowest BCUT2D eigenvalue weighted by molar-refractivity contribution is -0.122. The van der Waals surface area contributed by atoms with Gasteiger partial charge in [0.05, 0.1) is 18.4 Å². The van der Waals surface area contributed by atoms with E-state index in [9.17, 15) is 9.59 Å². The molecule has 3 rings (SSSR count). The molecule has 2 heterocycles. The Morgan fingerprint density at radius 3 is 2.69 bits per heavy atom. The Hall–Kier alpha value is -3.35. The summed E-state index contributed by atoms with van der Waals surface area (Å²) in [6.07, 6.45) is 6.37. The van der Waals surface area contributed by atoms with Crippen LogP contribution in [0.15, 0.2) is 65.7 Å². The number of hydrogen-bond donors (Lipinski definition) is 2. The first-order chi connectivity index (χ1) is 12.6. The maximum Gasteiger partial charge on any atom is 0.255 e. The molecule has 0 saturated heterocycles. The number of benzene rings is 1. The zero-order valence-electron chi connectivity index (χ0n) is 14.4. The third kappa shape index (κ3) is 4.38. The third-order valence-electron chi connectivity index (χ3n) is 3.99. The van der Waals surface area contributed by atoms with Gasteiger partial charge in [-0.3, -0.25) is 14.3 Å². The van der Waals surface area contributed by atoms with Crippen LogP contribution in [-0.2, 0) is 17.9 Å². The summed E-state index contributed by atoms with van der Waals surface area (Å²) in [5.41, 5.74) is 2.46. The van der Waals surface area contributed by atoms with Crippen molar-refractivity contribution >= 4 is 11.8 Å². The number of nitrogens with zero attached hydrogens (tertiary/aromatic N) is 2. The Morgan fingerprint density at radius 1 is 1.19 bits per heavy atom. The highest BCUT2D eigenvalue weighted by Gasteiger charge is 2.17. The van der Waals surface area contributed by atoms with Gasteiger partial charge in [-0.2, -0.15) is 5.10 Å². The monoisotopic (exact) mass is 352 g/mol. The van der Waals surface area contributed by atoms with Gasteiger partial charge in [0.15, 0.2) is 0 Å². The van der Waals surface area contributed by atoms with E-state index in [0.717, 1.165) is 11.1 Å². The average Bonchev–Trinajstić information content (AvgIpc) is 3.34. The summed E-state index contributed by atoms with van der Waals surface area (Å²) in [5.74, 6) is -0.601. The predicted molar refractivity (Wildman–Crippen MR) is 95.3 cm³/mol. The van der Waals surface area contributed by atoms with Crippen LogP contribution in [0.1, 0.15) is 28.4 Å². The first-order valence-corrected chi connectivity index (χ1v) is 8.28. The Bertz CT molecular complexity index is 857. The SMILES string of the molecule is C[C@@H](NC(=O)c1ccoc1)C(=O)NCc1ccccc1Cn1cccn1. The molecule has 0 saturated carbocycles. The summed E-state index contributed by atoms with van der Waals surface area (Å²) in [6.45, 7) is 2.65. The molecule has 0 aliphatic carbocycles. The van der Waals surface area contributed by atoms with E-state index in [1.165, 1.54) is 12.5 Å². The molecule has 0 aliphatic rings. The molecule has 2 aromatic heterocycles. The van der Waals surface area contributed by atoms with E-state index in [4.69, 9.17) is 4.42 Å². The van der Waals surface area contributed by atoms with Crippen molar-refractivity contribution in [2.24, 2.45) is 0 Å². The van der Waals surface area contributed by atoms with E-state index < -0.39 is 6.04 Å². The van der Waals surface area contributed by atoms with Crippen LogP contribution < -0.4 is 10.6 Å². The number of carbonyl (C=O) groups is 2. The van der Waals surface area contributed by atoms with Gasteiger partial charge in [-0.25, -0.2) is 0 Å². The van der Waals surface area contributed by atoms with Gasteiger partial charge in [0.1, 0.15) is 12.3 Å². The van der Waals surface area contributed by atoms with Crippen molar-refractivity contribution in [3.05, 3.63) is 78.0 Å². The average molecular weight is 352 g/mol. The number of amides is 2. The van der Waals surface area contributed by atoms with Crippen LogP contribution in [0.4, 0.5) is 0 Å². The lowest BCUT2D eigenvalue weighted by atomic mass is 10.1. The molecule has 26 heavy (non-hydrogen) atoms. The van der Waals surface area contributed by atoms with Gasteiger partial charge in [0, 0.05) is 18.9 Å². The van der Waals surface area contributed by atoms with Gasteiger partial charge in [-0.1, -0.05) is 24.3 Å². The number of rotatable bonds is 7. The van der Waals surface area contributed by atoms with Crippen molar-refractivity contribution < 1.29 is 14.0 Å². The maximum absolute atomic E-state index is 12.3. The molecule has 0 aliphatic heterocycles. The summed E-state index contributed by atoms with van der Waals surface area (Å²) >= 11 is 0. The van der Waals surface area contributed by atoms with Crippen LogP contribution in [0.5, 0.6) is 0 Å². The second-order valence-corrected chi connectivity index (χ2v) is 5.90. The minimum absolute atomic E-state index is 0.254. The van der Waals surface area contributed by atoms with Crippen molar-refractivity contribution in [1.29, 1.82) is 0 Å². The highest BCUT2D eigenvalue weighted by atomic mass is 16.3. The molecule has 0 radical (unpaired) electrons. The summed E-state index contributed by atoms with van der Waals surface area (Å²) in [7, 11) is 0. The van der Waals surface area contributed by atoms with Gasteiger partial charge in [0.25, 0.3) is 5.91 Å². The van der Waals surface area contributed by atoms with Gasteiger partial charge in [-0.05, 0) is 30.2 Å². The van der Waals surface area contributed by atoms with E-state index in [0.29, 0.717) is 18.7 Å². The topological polar surface area (TPSA) is 89.2 Å². The molecular formula is C19H20N4O3. The summed E-state index contributed by atoms with van der Waals surface area (Å²) < 4.78 is 6.70. The highest BCUT2D eigenvalue weighted by molar-refractivity contribution is 5.97. The fourth-order valence-corrected chi connectivity index (χ4v) is 2.53. The summed E-state index contributed by atoms with van der Waals surface area (Å²) in [6, 6.07) is 10.6. The lowest BCUT2D eigenvalue weighted by Gasteiger charge is -2.15. The minimum atomic E-state index is -0.657. The van der Waals surface area contributed by atoms with Gasteiger partial charge in [-0.15, -0.1) is 0 Å². The van der Waals surface area contributed by atoms with Crippen molar-refractivity contribution in [3.8, 4) is 0 Å². The minimum Gasteiger partial charge on any atom is -0.472 e. The number of furan rings is 1. The molecule has 2 amide bonds. The van der Waals surface area contributed by atoms with Gasteiger partial charge < -0.3 is 15.1 Å². The van der Waals surface area contributed by atoms with E-state index >= 15 is 0 Å². The summed E-state index contributed by atoms with van der Waals surface area (Å²) in [4.78, 5) is 24.2. The first-order valence-electron chi connectivity index (χ1n) is 8.28. The summed E-state index contributed by atoms with van der Waals surface area (Å²) in [5, 5.41) is 9.71. The van der Waals surface area contributed by atoms with E-state index in [1.54, 1.807) is 19.2 Å². The van der Waals surface area contributed by atoms with Crippen LogP contribution in [-0.4, -0.2) is 27.6 Å². The third-order valence-corrected chi connectivity index (χ3v) is 3.99. The zero-order chi connectivity index (χ0) is 18.4. The largest absolute Gasteiger partial charge is 0.472 e. The number of carbonyl (C=O) groups excluding carboxylic acids is 2. The molecule has 2 N–H and O–H groups in total. The molecule has 7 nitrogen and oxygen atoms in total. The molecule has 0 unspecified atom stereocenters. The van der Waals surface area contributed by atoms with Crippen LogP contribution in [0.2, 0.25) is 0 Å². The highest BCUT2D eigenvalue weighted by Crippen LogP contribution is 2.10. The Labute approximate surface area is 151 Å². The predicted octanol–water partition coefficient (Wildman–Crippen LogP) is 1.96. The maximum atomic E-state index is 12.3. The zero-order valence-corrected chi connectivity index (χ0v) is 14.4. The van der Waals surface area contributed by atoms with Crippen molar-refractivity contribution in [3.63, 3.8) is 0 Å².